The van der Waals surface area contributed by atoms with Gasteiger partial charge in [0.15, 0.2) is 5.11 Å². The molecule has 144 valence electrons. The van der Waals surface area contributed by atoms with Gasteiger partial charge in [-0.2, -0.15) is 0 Å². The number of hydrogen-bond donors (Lipinski definition) is 1. The lowest BCUT2D eigenvalue weighted by Crippen LogP contribution is -2.25. The van der Waals surface area contributed by atoms with Gasteiger partial charge in [0.1, 0.15) is 0 Å². The lowest BCUT2D eigenvalue weighted by Gasteiger charge is -2.24. The largest absolute Gasteiger partial charge is 0.352 e. The van der Waals surface area contributed by atoms with E-state index < -0.39 is 0 Å². The van der Waals surface area contributed by atoms with Crippen LogP contribution in [0.4, 0.5) is 0 Å². The van der Waals surface area contributed by atoms with E-state index in [1.54, 1.807) is 0 Å². The molecule has 2 aromatic heterocycles. The van der Waals surface area contributed by atoms with Gasteiger partial charge in [-0.25, -0.2) is 0 Å². The number of aromatic nitrogens is 2. The highest BCUT2D eigenvalue weighted by molar-refractivity contribution is 7.80. The second-order valence-electron chi connectivity index (χ2n) is 7.62. The summed E-state index contributed by atoms with van der Waals surface area (Å²) in [4.78, 5) is 6.75. The average Bonchev–Trinajstić information content (AvgIpc) is 3.14. The average molecular weight is 391 g/mol. The molecule has 2 atom stereocenters. The van der Waals surface area contributed by atoms with Crippen LogP contribution in [-0.4, -0.2) is 26.6 Å². The van der Waals surface area contributed by atoms with Crippen LogP contribution in [0.3, 0.4) is 0 Å². The number of aryl methyl sites for hydroxylation is 2. The Hall–Kier alpha value is -2.66. The molecule has 0 spiro atoms. The maximum Gasteiger partial charge on any atom is 0.169 e. The molecule has 1 aliphatic heterocycles. The fourth-order valence-corrected chi connectivity index (χ4v) is 4.52. The summed E-state index contributed by atoms with van der Waals surface area (Å²) in [5.74, 6) is 0. The molecule has 0 radical (unpaired) electrons. The number of pyridine rings is 1. The summed E-state index contributed by atoms with van der Waals surface area (Å²) < 4.78 is 2.36. The highest BCUT2D eigenvalue weighted by atomic mass is 32.1. The molecule has 0 amide bonds. The first-order valence-corrected chi connectivity index (χ1v) is 10.0. The van der Waals surface area contributed by atoms with Gasteiger partial charge in [0.2, 0.25) is 0 Å². The third-order valence-electron chi connectivity index (χ3n) is 5.94. The zero-order valence-corrected chi connectivity index (χ0v) is 17.8. The van der Waals surface area contributed by atoms with E-state index in [0.717, 1.165) is 10.8 Å². The summed E-state index contributed by atoms with van der Waals surface area (Å²) >= 11 is 5.59. The van der Waals surface area contributed by atoms with Crippen molar-refractivity contribution in [2.24, 2.45) is 0 Å². The van der Waals surface area contributed by atoms with Crippen LogP contribution < -0.4 is 5.32 Å². The SMILES string of the molecule is Cc1cccc(-n2c(C)cc([C@@H]3[C@H](c4ccccn4)NC(=S)N3C)c2C)c1C. The van der Waals surface area contributed by atoms with Crippen LogP contribution in [0.5, 0.6) is 0 Å². The van der Waals surface area contributed by atoms with Gasteiger partial charge in [0.05, 0.1) is 17.8 Å². The van der Waals surface area contributed by atoms with Gasteiger partial charge in [0.25, 0.3) is 0 Å². The van der Waals surface area contributed by atoms with E-state index >= 15 is 0 Å². The van der Waals surface area contributed by atoms with Gasteiger partial charge in [-0.1, -0.05) is 18.2 Å². The van der Waals surface area contributed by atoms with E-state index in [0.29, 0.717) is 0 Å². The first-order chi connectivity index (χ1) is 13.4. The number of nitrogens with one attached hydrogen (secondary N) is 1. The second kappa shape index (κ2) is 7.06. The molecule has 5 heteroatoms. The van der Waals surface area contributed by atoms with Crippen LogP contribution in [0.25, 0.3) is 5.69 Å². The monoisotopic (exact) mass is 390 g/mol. The van der Waals surface area contributed by atoms with E-state index in [1.165, 1.54) is 33.8 Å². The van der Waals surface area contributed by atoms with Crippen molar-refractivity contribution in [3.63, 3.8) is 0 Å². The molecule has 1 aromatic carbocycles. The zero-order valence-electron chi connectivity index (χ0n) is 17.0. The fourth-order valence-electron chi connectivity index (χ4n) is 4.28. The molecule has 28 heavy (non-hydrogen) atoms. The molecular formula is C23H26N4S. The Morgan fingerprint density at radius 1 is 1.04 bits per heavy atom. The molecule has 1 fully saturated rings. The number of rotatable bonds is 3. The quantitative estimate of drug-likeness (QED) is 0.657. The first-order valence-electron chi connectivity index (χ1n) is 9.60. The van der Waals surface area contributed by atoms with Crippen molar-refractivity contribution in [3.8, 4) is 5.69 Å². The first kappa shape index (κ1) is 18.7. The Bertz CT molecular complexity index is 1040. The van der Waals surface area contributed by atoms with Crippen molar-refractivity contribution in [3.05, 3.63) is 82.4 Å². The number of likely N-dealkylation sites (N-methyl/N-ethyl adjacent to an activating group) is 1. The second-order valence-corrected chi connectivity index (χ2v) is 8.01. The number of benzene rings is 1. The Morgan fingerprint density at radius 2 is 1.82 bits per heavy atom. The molecule has 0 bridgehead atoms. The number of nitrogens with zero attached hydrogens (tertiary/aromatic N) is 3. The van der Waals surface area contributed by atoms with Crippen molar-refractivity contribution in [2.75, 3.05) is 7.05 Å². The van der Waals surface area contributed by atoms with Crippen molar-refractivity contribution in [1.29, 1.82) is 0 Å². The normalized spacial score (nSPS) is 19.2. The molecule has 0 saturated carbocycles. The molecular weight excluding hydrogens is 364 g/mol. The van der Waals surface area contributed by atoms with E-state index in [4.69, 9.17) is 12.2 Å². The van der Waals surface area contributed by atoms with E-state index in [-0.39, 0.29) is 12.1 Å². The molecule has 1 saturated heterocycles. The van der Waals surface area contributed by atoms with Crippen LogP contribution in [0.1, 0.15) is 45.9 Å². The van der Waals surface area contributed by atoms with E-state index in [1.807, 2.05) is 18.3 Å². The minimum Gasteiger partial charge on any atom is -0.352 e. The summed E-state index contributed by atoms with van der Waals surface area (Å²) in [6, 6.07) is 15.0. The molecule has 0 aliphatic carbocycles. The zero-order chi connectivity index (χ0) is 20.0. The molecule has 1 aliphatic rings. The van der Waals surface area contributed by atoms with Gasteiger partial charge in [-0.15, -0.1) is 0 Å². The predicted molar refractivity (Wildman–Crippen MR) is 118 cm³/mol. The lowest BCUT2D eigenvalue weighted by molar-refractivity contribution is 0.367. The summed E-state index contributed by atoms with van der Waals surface area (Å²) in [7, 11) is 2.06. The highest BCUT2D eigenvalue weighted by Crippen LogP contribution is 2.40. The van der Waals surface area contributed by atoms with Crippen LogP contribution in [-0.2, 0) is 0 Å². The van der Waals surface area contributed by atoms with Crippen LogP contribution >= 0.6 is 12.2 Å². The summed E-state index contributed by atoms with van der Waals surface area (Å²) in [5, 5.41) is 4.23. The summed E-state index contributed by atoms with van der Waals surface area (Å²) in [5.41, 5.74) is 8.62. The Morgan fingerprint density at radius 3 is 2.54 bits per heavy atom. The third-order valence-corrected chi connectivity index (χ3v) is 6.35. The molecule has 4 rings (SSSR count). The molecule has 3 aromatic rings. The van der Waals surface area contributed by atoms with Crippen molar-refractivity contribution in [2.45, 2.75) is 39.8 Å². The summed E-state index contributed by atoms with van der Waals surface area (Å²) in [6.45, 7) is 8.74. The molecule has 3 heterocycles. The minimum absolute atomic E-state index is 0.0336. The van der Waals surface area contributed by atoms with Gasteiger partial charge >= 0.3 is 0 Å². The number of hydrogen-bond acceptors (Lipinski definition) is 2. The Labute approximate surface area is 172 Å². The molecule has 4 nitrogen and oxygen atoms in total. The van der Waals surface area contributed by atoms with Gasteiger partial charge in [0, 0.05) is 30.3 Å². The standard InChI is InChI=1S/C23H26N4S/c1-14-9-8-11-20(16(14)3)27-15(2)13-18(17(27)4)22-21(25-23(28)26(22)5)19-10-6-7-12-24-19/h6-13,21-22H,1-5H3,(H,25,28)/t21-,22+/m0/s1. The van der Waals surface area contributed by atoms with Crippen molar-refractivity contribution in [1.82, 2.24) is 19.8 Å². The van der Waals surface area contributed by atoms with E-state index in [9.17, 15) is 0 Å². The fraction of sp³-hybridized carbons (Fsp3) is 0.304. The predicted octanol–water partition coefficient (Wildman–Crippen LogP) is 4.71. The Kier molecular flexibility index (Phi) is 4.71. The van der Waals surface area contributed by atoms with Gasteiger partial charge in [-0.3, -0.25) is 4.98 Å². The smallest absolute Gasteiger partial charge is 0.169 e. The molecule has 1 N–H and O–H groups in total. The minimum atomic E-state index is 0.0336. The lowest BCUT2D eigenvalue weighted by atomic mass is 9.97. The van der Waals surface area contributed by atoms with Crippen molar-refractivity contribution >= 4 is 17.3 Å². The Balaban J connectivity index is 1.85. The van der Waals surface area contributed by atoms with E-state index in [2.05, 4.69) is 84.8 Å². The maximum atomic E-state index is 5.59. The third kappa shape index (κ3) is 2.90. The van der Waals surface area contributed by atoms with Crippen LogP contribution in [0, 0.1) is 27.7 Å². The summed E-state index contributed by atoms with van der Waals surface area (Å²) in [6.07, 6.45) is 1.84. The van der Waals surface area contributed by atoms with Gasteiger partial charge in [-0.05, 0) is 80.9 Å². The van der Waals surface area contributed by atoms with Crippen LogP contribution in [0.15, 0.2) is 48.7 Å². The van der Waals surface area contributed by atoms with Crippen LogP contribution in [0.2, 0.25) is 0 Å². The molecule has 0 unspecified atom stereocenters. The van der Waals surface area contributed by atoms with Crippen molar-refractivity contribution < 1.29 is 0 Å². The van der Waals surface area contributed by atoms with Gasteiger partial charge < -0.3 is 14.8 Å². The number of thiocarbonyl (C=S) groups is 1. The highest BCUT2D eigenvalue weighted by Gasteiger charge is 2.39. The maximum absolute atomic E-state index is 5.59. The topological polar surface area (TPSA) is 33.1 Å².